The van der Waals surface area contributed by atoms with E-state index < -0.39 is 12.8 Å². The summed E-state index contributed by atoms with van der Waals surface area (Å²) in [6.45, 7) is -0.670. The third-order valence-corrected chi connectivity index (χ3v) is 4.18. The molecule has 0 aliphatic heterocycles. The number of ether oxygens (including phenoxy) is 1. The molecule has 0 atom stereocenters. The molecule has 2 N–H and O–H groups in total. The first-order valence-corrected chi connectivity index (χ1v) is 9.58. The molecular weight excluding hydrogens is 538 g/mol. The van der Waals surface area contributed by atoms with E-state index in [2.05, 4.69) is 20.6 Å². The number of amides is 1. The maximum absolute atomic E-state index is 12.4. The quantitative estimate of drug-likeness (QED) is 0.292. The van der Waals surface area contributed by atoms with Crippen LogP contribution in [0.25, 0.3) is 0 Å². The van der Waals surface area contributed by atoms with Gasteiger partial charge in [-0.1, -0.05) is 18.2 Å². The summed E-state index contributed by atoms with van der Waals surface area (Å²) in [5.41, 5.74) is 2.09. The fourth-order valence-electron chi connectivity index (χ4n) is 2.68. The van der Waals surface area contributed by atoms with Gasteiger partial charge in [0.2, 0.25) is 5.88 Å². The van der Waals surface area contributed by atoms with Gasteiger partial charge in [0.25, 0.3) is 5.91 Å². The van der Waals surface area contributed by atoms with Crippen molar-refractivity contribution < 1.29 is 22.7 Å². The third kappa shape index (κ3) is 9.28. The molecule has 2 aromatic rings. The zero-order valence-corrected chi connectivity index (χ0v) is 20.4. The van der Waals surface area contributed by atoms with Gasteiger partial charge in [0.15, 0.2) is 12.6 Å². The molecule has 1 amide bonds. The number of hydrogen-bond acceptors (Lipinski definition) is 4. The van der Waals surface area contributed by atoms with E-state index in [4.69, 9.17) is 4.74 Å². The van der Waals surface area contributed by atoms with Gasteiger partial charge in [-0.3, -0.25) is 9.79 Å². The fourth-order valence-corrected chi connectivity index (χ4v) is 2.68. The van der Waals surface area contributed by atoms with Crippen LogP contribution in [0.3, 0.4) is 0 Å². The third-order valence-electron chi connectivity index (χ3n) is 4.18. The van der Waals surface area contributed by atoms with E-state index in [9.17, 15) is 18.0 Å². The summed E-state index contributed by atoms with van der Waals surface area (Å²) in [7, 11) is 5.00. The molecule has 0 radical (unpaired) electrons. The van der Waals surface area contributed by atoms with Crippen LogP contribution in [0, 0.1) is 0 Å². The lowest BCUT2D eigenvalue weighted by atomic mass is 10.1. The number of hydrogen-bond donors (Lipinski definition) is 2. The number of aromatic nitrogens is 1. The first kappa shape index (κ1) is 27.5. The molecule has 1 aromatic heterocycles. The number of guanidine groups is 1. The van der Waals surface area contributed by atoms with Crippen LogP contribution < -0.4 is 15.4 Å². The van der Waals surface area contributed by atoms with Gasteiger partial charge in [-0.25, -0.2) is 4.98 Å². The lowest BCUT2D eigenvalue weighted by molar-refractivity contribution is -0.154. The average Bonchev–Trinajstić information content (AvgIpc) is 2.74. The van der Waals surface area contributed by atoms with Gasteiger partial charge in [-0.2, -0.15) is 13.2 Å². The van der Waals surface area contributed by atoms with Crippen LogP contribution in [0.2, 0.25) is 0 Å². The molecule has 0 saturated carbocycles. The molecule has 0 aliphatic rings. The number of carbonyl (C=O) groups is 1. The number of pyridine rings is 1. The number of rotatable bonds is 8. The summed E-state index contributed by atoms with van der Waals surface area (Å²) < 4.78 is 42.0. The molecule has 1 heterocycles. The van der Waals surface area contributed by atoms with E-state index in [1.54, 1.807) is 39.3 Å². The van der Waals surface area contributed by atoms with Gasteiger partial charge in [-0.05, 0) is 30.2 Å². The highest BCUT2D eigenvalue weighted by Gasteiger charge is 2.29. The molecule has 0 fully saturated rings. The lowest BCUT2D eigenvalue weighted by Crippen LogP contribution is -2.38. The van der Waals surface area contributed by atoms with Crippen LogP contribution in [-0.4, -0.2) is 62.2 Å². The molecular formula is C21H27F3IN5O2. The van der Waals surface area contributed by atoms with Gasteiger partial charge in [0.05, 0.1) is 0 Å². The first-order chi connectivity index (χ1) is 14.7. The van der Waals surface area contributed by atoms with Crippen molar-refractivity contribution in [2.75, 3.05) is 34.3 Å². The Labute approximate surface area is 202 Å². The van der Waals surface area contributed by atoms with Gasteiger partial charge in [0.1, 0.15) is 0 Å². The molecule has 176 valence electrons. The Morgan fingerprint density at radius 3 is 2.59 bits per heavy atom. The van der Waals surface area contributed by atoms with E-state index >= 15 is 0 Å². The molecule has 0 unspecified atom stereocenters. The maximum Gasteiger partial charge on any atom is 0.422 e. The SMILES string of the molecule is CN=C(NCCc1cccc(C(=O)N(C)C)c1)NCc1cccnc1OCC(F)(F)F.I. The number of carbonyl (C=O) groups excluding carboxylic acids is 1. The zero-order chi connectivity index (χ0) is 22.9. The number of alkyl halides is 3. The Bertz CT molecular complexity index is 907. The summed E-state index contributed by atoms with van der Waals surface area (Å²) in [4.78, 5) is 21.6. The number of nitrogens with zero attached hydrogens (tertiary/aromatic N) is 3. The van der Waals surface area contributed by atoms with Crippen LogP contribution in [0.4, 0.5) is 13.2 Å². The monoisotopic (exact) mass is 565 g/mol. The van der Waals surface area contributed by atoms with Crippen molar-refractivity contribution in [1.82, 2.24) is 20.5 Å². The molecule has 0 aliphatic carbocycles. The smallest absolute Gasteiger partial charge is 0.422 e. The van der Waals surface area contributed by atoms with Crippen molar-refractivity contribution in [2.24, 2.45) is 4.99 Å². The topological polar surface area (TPSA) is 78.9 Å². The summed E-state index contributed by atoms with van der Waals surface area (Å²) in [6.07, 6.45) is -2.41. The Morgan fingerprint density at radius 1 is 1.19 bits per heavy atom. The van der Waals surface area contributed by atoms with Crippen molar-refractivity contribution in [1.29, 1.82) is 0 Å². The fraction of sp³-hybridized carbons (Fsp3) is 0.381. The second-order valence-corrected chi connectivity index (χ2v) is 6.87. The summed E-state index contributed by atoms with van der Waals surface area (Å²) in [5.74, 6) is 0.337. The highest BCUT2D eigenvalue weighted by Crippen LogP contribution is 2.19. The van der Waals surface area contributed by atoms with Crippen molar-refractivity contribution in [3.8, 4) is 5.88 Å². The van der Waals surface area contributed by atoms with Crippen molar-refractivity contribution in [3.63, 3.8) is 0 Å². The van der Waals surface area contributed by atoms with E-state index in [1.165, 1.54) is 11.1 Å². The maximum atomic E-state index is 12.4. The normalized spacial score (nSPS) is 11.4. The summed E-state index contributed by atoms with van der Waals surface area (Å²) >= 11 is 0. The predicted molar refractivity (Wildman–Crippen MR) is 128 cm³/mol. The summed E-state index contributed by atoms with van der Waals surface area (Å²) in [6, 6.07) is 10.6. The van der Waals surface area contributed by atoms with E-state index in [-0.39, 0.29) is 42.3 Å². The molecule has 32 heavy (non-hydrogen) atoms. The van der Waals surface area contributed by atoms with Crippen LogP contribution in [0.1, 0.15) is 21.5 Å². The number of halogens is 4. The van der Waals surface area contributed by atoms with E-state index in [0.29, 0.717) is 30.1 Å². The minimum absolute atomic E-state index is 0. The van der Waals surface area contributed by atoms with Crippen LogP contribution in [0.15, 0.2) is 47.6 Å². The van der Waals surface area contributed by atoms with Gasteiger partial charge in [0, 0.05) is 51.6 Å². The largest absolute Gasteiger partial charge is 0.468 e. The van der Waals surface area contributed by atoms with Crippen LogP contribution >= 0.6 is 24.0 Å². The number of aliphatic imine (C=N–C) groups is 1. The number of benzene rings is 1. The average molecular weight is 565 g/mol. The summed E-state index contributed by atoms with van der Waals surface area (Å²) in [5, 5.41) is 6.17. The molecule has 0 bridgehead atoms. The number of nitrogens with one attached hydrogen (secondary N) is 2. The Morgan fingerprint density at radius 2 is 1.94 bits per heavy atom. The molecule has 1 aromatic carbocycles. The highest BCUT2D eigenvalue weighted by atomic mass is 127. The first-order valence-electron chi connectivity index (χ1n) is 9.58. The minimum Gasteiger partial charge on any atom is -0.468 e. The van der Waals surface area contributed by atoms with Crippen molar-refractivity contribution >= 4 is 35.8 Å². The van der Waals surface area contributed by atoms with Crippen LogP contribution in [0.5, 0.6) is 5.88 Å². The molecule has 0 spiro atoms. The second kappa shape index (κ2) is 13.1. The zero-order valence-electron chi connectivity index (χ0n) is 18.1. The van der Waals surface area contributed by atoms with Crippen molar-refractivity contribution in [2.45, 2.75) is 19.1 Å². The Kier molecular flexibility index (Phi) is 11.2. The second-order valence-electron chi connectivity index (χ2n) is 6.87. The Hall–Kier alpha value is -2.57. The van der Waals surface area contributed by atoms with Crippen LogP contribution in [-0.2, 0) is 13.0 Å². The van der Waals surface area contributed by atoms with E-state index in [1.807, 2.05) is 18.2 Å². The highest BCUT2D eigenvalue weighted by molar-refractivity contribution is 14.0. The van der Waals surface area contributed by atoms with Gasteiger partial charge < -0.3 is 20.3 Å². The molecule has 0 saturated heterocycles. The molecule has 7 nitrogen and oxygen atoms in total. The lowest BCUT2D eigenvalue weighted by Gasteiger charge is -2.15. The van der Waals surface area contributed by atoms with E-state index in [0.717, 1.165) is 5.56 Å². The molecule has 11 heteroatoms. The standard InChI is InChI=1S/C21H26F3N5O2.HI/c1-25-20(27-11-9-15-6-4-7-16(12-15)19(30)29(2)3)28-13-17-8-5-10-26-18(17)31-14-21(22,23)24;/h4-8,10,12H,9,11,13-14H2,1-3H3,(H2,25,27,28);1H. The predicted octanol–water partition coefficient (Wildman–Crippen LogP) is 3.25. The minimum atomic E-state index is -4.44. The molecule has 2 rings (SSSR count). The van der Waals surface area contributed by atoms with Gasteiger partial charge >= 0.3 is 6.18 Å². The van der Waals surface area contributed by atoms with Crippen molar-refractivity contribution in [3.05, 3.63) is 59.3 Å². The van der Waals surface area contributed by atoms with Gasteiger partial charge in [-0.15, -0.1) is 24.0 Å². The Balaban J connectivity index is 0.00000512.